The lowest BCUT2D eigenvalue weighted by Gasteiger charge is -2.09. The average Bonchev–Trinajstić information content (AvgIpc) is 3.01. The van der Waals surface area contributed by atoms with Crippen LogP contribution in [0.5, 0.6) is 0 Å². The van der Waals surface area contributed by atoms with Crippen LogP contribution < -0.4 is 10.6 Å². The molecule has 3 aromatic carbocycles. The van der Waals surface area contributed by atoms with Crippen LogP contribution in [0.2, 0.25) is 10.0 Å². The minimum absolute atomic E-state index is 0.107. The Morgan fingerprint density at radius 3 is 2.48 bits per heavy atom. The molecule has 0 fully saturated rings. The molecule has 8 heteroatoms. The molecule has 4 rings (SSSR count). The number of hydrogen-bond acceptors (Lipinski definition) is 2. The SMILES string of the molecule is O=C(Nc1ccc(F)cc1F)Nc1oc2ccc(Cl)cc2c1-c1ccccc1Cl. The van der Waals surface area contributed by atoms with Crippen molar-refractivity contribution >= 4 is 51.8 Å². The Morgan fingerprint density at radius 2 is 1.72 bits per heavy atom. The van der Waals surface area contributed by atoms with E-state index in [1.807, 2.05) is 0 Å². The molecule has 0 bridgehead atoms. The molecule has 0 spiro atoms. The van der Waals surface area contributed by atoms with Gasteiger partial charge in [0, 0.05) is 27.1 Å². The van der Waals surface area contributed by atoms with Crippen LogP contribution >= 0.6 is 23.2 Å². The van der Waals surface area contributed by atoms with Crippen LogP contribution in [0, 0.1) is 11.6 Å². The Hall–Kier alpha value is -3.09. The zero-order chi connectivity index (χ0) is 20.5. The molecule has 1 heterocycles. The number of carbonyl (C=O) groups is 1. The van der Waals surface area contributed by atoms with Crippen LogP contribution in [-0.2, 0) is 0 Å². The summed E-state index contributed by atoms with van der Waals surface area (Å²) < 4.78 is 32.7. The molecule has 0 saturated carbocycles. The number of benzene rings is 3. The van der Waals surface area contributed by atoms with E-state index >= 15 is 0 Å². The molecule has 4 aromatic rings. The lowest BCUT2D eigenvalue weighted by molar-refractivity contribution is 0.261. The first-order valence-corrected chi connectivity index (χ1v) is 9.18. The van der Waals surface area contributed by atoms with Crippen molar-refractivity contribution in [1.29, 1.82) is 0 Å². The van der Waals surface area contributed by atoms with Crippen LogP contribution in [-0.4, -0.2) is 6.03 Å². The normalized spacial score (nSPS) is 10.9. The minimum Gasteiger partial charge on any atom is -0.440 e. The van der Waals surface area contributed by atoms with E-state index < -0.39 is 17.7 Å². The summed E-state index contributed by atoms with van der Waals surface area (Å²) in [4.78, 5) is 12.4. The van der Waals surface area contributed by atoms with Gasteiger partial charge in [-0.25, -0.2) is 13.6 Å². The molecule has 0 unspecified atom stereocenters. The maximum absolute atomic E-state index is 13.8. The fraction of sp³-hybridized carbons (Fsp3) is 0. The quantitative estimate of drug-likeness (QED) is 0.356. The Labute approximate surface area is 174 Å². The van der Waals surface area contributed by atoms with E-state index in [1.165, 1.54) is 0 Å². The Morgan fingerprint density at radius 1 is 0.931 bits per heavy atom. The Bertz CT molecular complexity index is 1240. The third-order valence-electron chi connectivity index (χ3n) is 4.20. The summed E-state index contributed by atoms with van der Waals surface area (Å²) in [5.74, 6) is -1.54. The summed E-state index contributed by atoms with van der Waals surface area (Å²) in [6.45, 7) is 0. The van der Waals surface area contributed by atoms with Crippen molar-refractivity contribution in [2.24, 2.45) is 0 Å². The summed E-state index contributed by atoms with van der Waals surface area (Å²) in [6, 6.07) is 14.1. The van der Waals surface area contributed by atoms with Gasteiger partial charge in [-0.2, -0.15) is 0 Å². The third kappa shape index (κ3) is 3.90. The highest BCUT2D eigenvalue weighted by Gasteiger charge is 2.20. The Kier molecular flexibility index (Phi) is 5.13. The van der Waals surface area contributed by atoms with E-state index in [2.05, 4.69) is 10.6 Å². The molecule has 0 radical (unpaired) electrons. The van der Waals surface area contributed by atoms with E-state index in [1.54, 1.807) is 42.5 Å². The number of carbonyl (C=O) groups excluding carboxylic acids is 1. The first-order chi connectivity index (χ1) is 13.9. The van der Waals surface area contributed by atoms with Crippen molar-refractivity contribution < 1.29 is 18.0 Å². The number of halogens is 4. The maximum Gasteiger partial charge on any atom is 0.326 e. The second kappa shape index (κ2) is 7.73. The van der Waals surface area contributed by atoms with E-state index in [9.17, 15) is 13.6 Å². The summed E-state index contributed by atoms with van der Waals surface area (Å²) in [7, 11) is 0. The van der Waals surface area contributed by atoms with Gasteiger partial charge in [0.05, 0.1) is 11.3 Å². The van der Waals surface area contributed by atoms with Gasteiger partial charge in [-0.1, -0.05) is 41.4 Å². The smallest absolute Gasteiger partial charge is 0.326 e. The lowest BCUT2D eigenvalue weighted by atomic mass is 10.0. The predicted molar refractivity (Wildman–Crippen MR) is 111 cm³/mol. The minimum atomic E-state index is -0.900. The lowest BCUT2D eigenvalue weighted by Crippen LogP contribution is -2.20. The zero-order valence-electron chi connectivity index (χ0n) is 14.6. The molecule has 0 aliphatic carbocycles. The molecule has 2 N–H and O–H groups in total. The summed E-state index contributed by atoms with van der Waals surface area (Å²) >= 11 is 12.5. The number of anilines is 2. The van der Waals surface area contributed by atoms with Crippen LogP contribution in [0.25, 0.3) is 22.1 Å². The molecular weight excluding hydrogens is 421 g/mol. The van der Waals surface area contributed by atoms with Crippen molar-refractivity contribution in [3.05, 3.63) is 82.3 Å². The molecule has 146 valence electrons. The molecular formula is C21H12Cl2F2N2O2. The van der Waals surface area contributed by atoms with Crippen LogP contribution in [0.4, 0.5) is 25.1 Å². The van der Waals surface area contributed by atoms with Crippen LogP contribution in [0.3, 0.4) is 0 Å². The molecule has 1 aromatic heterocycles. The first-order valence-electron chi connectivity index (χ1n) is 8.42. The van der Waals surface area contributed by atoms with Crippen molar-refractivity contribution in [3.63, 3.8) is 0 Å². The Balaban J connectivity index is 1.74. The van der Waals surface area contributed by atoms with Crippen molar-refractivity contribution in [3.8, 4) is 11.1 Å². The van der Waals surface area contributed by atoms with Gasteiger partial charge in [0.1, 0.15) is 17.2 Å². The highest BCUT2D eigenvalue weighted by atomic mass is 35.5. The number of amides is 2. The summed E-state index contributed by atoms with van der Waals surface area (Å²) in [5, 5.41) is 6.46. The fourth-order valence-electron chi connectivity index (χ4n) is 2.94. The van der Waals surface area contributed by atoms with Gasteiger partial charge in [-0.3, -0.25) is 5.32 Å². The van der Waals surface area contributed by atoms with Gasteiger partial charge in [0.15, 0.2) is 0 Å². The van der Waals surface area contributed by atoms with E-state index in [4.69, 9.17) is 27.6 Å². The largest absolute Gasteiger partial charge is 0.440 e. The van der Waals surface area contributed by atoms with E-state index in [0.29, 0.717) is 38.2 Å². The number of rotatable bonds is 3. The van der Waals surface area contributed by atoms with E-state index in [0.717, 1.165) is 12.1 Å². The zero-order valence-corrected chi connectivity index (χ0v) is 16.1. The first kappa shape index (κ1) is 19.2. The van der Waals surface area contributed by atoms with E-state index in [-0.39, 0.29) is 11.6 Å². The number of hydrogen-bond donors (Lipinski definition) is 2. The average molecular weight is 433 g/mol. The van der Waals surface area contributed by atoms with Gasteiger partial charge >= 0.3 is 6.03 Å². The highest BCUT2D eigenvalue weighted by molar-refractivity contribution is 6.34. The molecule has 0 aliphatic heterocycles. The fourth-order valence-corrected chi connectivity index (χ4v) is 3.34. The highest BCUT2D eigenvalue weighted by Crippen LogP contribution is 2.42. The number of furan rings is 1. The van der Waals surface area contributed by atoms with Gasteiger partial charge < -0.3 is 9.73 Å². The van der Waals surface area contributed by atoms with Crippen LogP contribution in [0.15, 0.2) is 65.1 Å². The number of nitrogens with one attached hydrogen (secondary N) is 2. The van der Waals surface area contributed by atoms with Crippen molar-refractivity contribution in [1.82, 2.24) is 0 Å². The molecule has 29 heavy (non-hydrogen) atoms. The molecule has 0 aliphatic rings. The number of urea groups is 1. The van der Waals surface area contributed by atoms with Gasteiger partial charge in [-0.15, -0.1) is 0 Å². The molecule has 0 atom stereocenters. The molecule has 0 saturated heterocycles. The van der Waals surface area contributed by atoms with Crippen LogP contribution in [0.1, 0.15) is 0 Å². The molecule has 4 nitrogen and oxygen atoms in total. The number of fused-ring (bicyclic) bond motifs is 1. The second-order valence-corrected chi connectivity index (χ2v) is 6.97. The summed E-state index contributed by atoms with van der Waals surface area (Å²) in [6.07, 6.45) is 0. The third-order valence-corrected chi connectivity index (χ3v) is 4.76. The standard InChI is InChI=1S/C21H12Cl2F2N2O2/c22-11-5-8-18-14(9-11)19(13-3-1-2-4-15(13)23)20(29-18)27-21(28)26-17-7-6-12(24)10-16(17)25/h1-10H,(H2,26,27,28). The topological polar surface area (TPSA) is 54.3 Å². The van der Waals surface area contributed by atoms with Gasteiger partial charge in [0.2, 0.25) is 5.88 Å². The molecule has 2 amide bonds. The van der Waals surface area contributed by atoms with Gasteiger partial charge in [-0.05, 0) is 36.4 Å². The second-order valence-electron chi connectivity index (χ2n) is 6.13. The van der Waals surface area contributed by atoms with Crippen molar-refractivity contribution in [2.45, 2.75) is 0 Å². The maximum atomic E-state index is 13.8. The summed E-state index contributed by atoms with van der Waals surface area (Å²) in [5.41, 5.74) is 1.45. The predicted octanol–water partition coefficient (Wildman–Crippen LogP) is 7.33. The monoisotopic (exact) mass is 432 g/mol. The van der Waals surface area contributed by atoms with Crippen molar-refractivity contribution in [2.75, 3.05) is 10.6 Å². The van der Waals surface area contributed by atoms with Gasteiger partial charge in [0.25, 0.3) is 0 Å².